The second-order valence-electron chi connectivity index (χ2n) is 7.04. The maximum atomic E-state index is 12.7. The number of para-hydroxylation sites is 2. The summed E-state index contributed by atoms with van der Waals surface area (Å²) in [6.45, 7) is 1.43. The molecule has 0 atom stereocenters. The number of rotatable bonds is 5. The number of piperidine rings is 1. The van der Waals surface area contributed by atoms with Crippen molar-refractivity contribution in [3.05, 3.63) is 66.0 Å². The molecule has 29 heavy (non-hydrogen) atoms. The summed E-state index contributed by atoms with van der Waals surface area (Å²) in [6, 6.07) is 14.0. The van der Waals surface area contributed by atoms with E-state index in [0.717, 1.165) is 30.3 Å². The molecule has 0 spiro atoms. The molecule has 2 aromatic carbocycles. The lowest BCUT2D eigenvalue weighted by atomic mass is 10.2. The first-order valence-electron chi connectivity index (χ1n) is 9.63. The van der Waals surface area contributed by atoms with E-state index in [9.17, 15) is 13.2 Å². The van der Waals surface area contributed by atoms with Crippen LogP contribution in [0, 0.1) is 0 Å². The number of hydrogen-bond donors (Lipinski definition) is 1. The molecule has 4 rings (SSSR count). The number of fused-ring (bicyclic) bond motifs is 1. The van der Waals surface area contributed by atoms with Crippen LogP contribution < -0.4 is 5.32 Å². The van der Waals surface area contributed by atoms with E-state index in [4.69, 9.17) is 0 Å². The van der Waals surface area contributed by atoms with Crippen LogP contribution in [0.15, 0.2) is 59.6 Å². The number of carbonyl (C=O) groups is 1. The lowest BCUT2D eigenvalue weighted by Gasteiger charge is -2.25. The second kappa shape index (κ2) is 8.26. The molecule has 1 aromatic heterocycles. The van der Waals surface area contributed by atoms with Crippen LogP contribution in [0.5, 0.6) is 0 Å². The van der Waals surface area contributed by atoms with Crippen LogP contribution in [0.25, 0.3) is 11.0 Å². The minimum atomic E-state index is -3.45. The molecule has 1 saturated heterocycles. The number of sulfonamides is 1. The largest absolute Gasteiger partial charge is 0.347 e. The Hall–Kier alpha value is -2.84. The minimum Gasteiger partial charge on any atom is -0.347 e. The number of hydrogen-bond acceptors (Lipinski definition) is 5. The van der Waals surface area contributed by atoms with Crippen molar-refractivity contribution in [3.63, 3.8) is 0 Å². The Bertz CT molecular complexity index is 1120. The van der Waals surface area contributed by atoms with Crippen LogP contribution in [0.4, 0.5) is 0 Å². The lowest BCUT2D eigenvalue weighted by Crippen LogP contribution is -2.35. The van der Waals surface area contributed by atoms with Crippen molar-refractivity contribution in [2.24, 2.45) is 0 Å². The van der Waals surface area contributed by atoms with Crippen LogP contribution in [-0.2, 0) is 16.6 Å². The Morgan fingerprint density at radius 3 is 2.38 bits per heavy atom. The number of aromatic nitrogens is 2. The van der Waals surface area contributed by atoms with Crippen molar-refractivity contribution in [2.45, 2.75) is 30.7 Å². The highest BCUT2D eigenvalue weighted by Crippen LogP contribution is 2.21. The van der Waals surface area contributed by atoms with Gasteiger partial charge in [-0.25, -0.2) is 13.4 Å². The Labute approximate surface area is 169 Å². The summed E-state index contributed by atoms with van der Waals surface area (Å²) in [5.41, 5.74) is 2.44. The molecule has 2 heterocycles. The number of nitrogens with zero attached hydrogens (tertiary/aromatic N) is 3. The number of carbonyl (C=O) groups excluding carboxylic acids is 1. The van der Waals surface area contributed by atoms with Crippen LogP contribution in [-0.4, -0.2) is 41.7 Å². The summed E-state index contributed by atoms with van der Waals surface area (Å²) in [7, 11) is -3.45. The van der Waals surface area contributed by atoms with E-state index in [1.165, 1.54) is 6.20 Å². The van der Waals surface area contributed by atoms with Gasteiger partial charge in [0.25, 0.3) is 5.91 Å². The van der Waals surface area contributed by atoms with E-state index in [-0.39, 0.29) is 23.0 Å². The molecule has 1 fully saturated rings. The molecule has 1 aliphatic rings. The minimum absolute atomic E-state index is 0.244. The van der Waals surface area contributed by atoms with Gasteiger partial charge < -0.3 is 5.32 Å². The molecule has 0 radical (unpaired) electrons. The average molecular weight is 410 g/mol. The predicted molar refractivity (Wildman–Crippen MR) is 110 cm³/mol. The van der Waals surface area contributed by atoms with E-state index < -0.39 is 10.0 Å². The first-order valence-corrected chi connectivity index (χ1v) is 11.1. The van der Waals surface area contributed by atoms with Crippen LogP contribution in [0.2, 0.25) is 0 Å². The third kappa shape index (κ3) is 4.28. The Morgan fingerprint density at radius 2 is 1.66 bits per heavy atom. The normalized spacial score (nSPS) is 15.3. The maximum absolute atomic E-state index is 12.7. The molecular formula is C21H22N4O3S. The molecule has 0 bridgehead atoms. The van der Waals surface area contributed by atoms with Gasteiger partial charge in [-0.3, -0.25) is 9.78 Å². The van der Waals surface area contributed by atoms with Crippen molar-refractivity contribution in [1.29, 1.82) is 0 Å². The Balaban J connectivity index is 1.41. The predicted octanol–water partition coefficient (Wildman–Crippen LogP) is 2.73. The molecule has 1 N–H and O–H groups in total. The number of benzene rings is 2. The van der Waals surface area contributed by atoms with Gasteiger partial charge in [-0.15, -0.1) is 0 Å². The van der Waals surface area contributed by atoms with Crippen molar-refractivity contribution >= 4 is 27.0 Å². The molecule has 150 valence electrons. The van der Waals surface area contributed by atoms with Gasteiger partial charge in [0.1, 0.15) is 5.69 Å². The summed E-state index contributed by atoms with van der Waals surface area (Å²) < 4.78 is 26.9. The summed E-state index contributed by atoms with van der Waals surface area (Å²) in [6.07, 6.45) is 4.33. The highest BCUT2D eigenvalue weighted by atomic mass is 32.2. The van der Waals surface area contributed by atoms with E-state index in [1.807, 2.05) is 18.2 Å². The second-order valence-corrected chi connectivity index (χ2v) is 8.97. The first kappa shape index (κ1) is 19.5. The summed E-state index contributed by atoms with van der Waals surface area (Å²) in [5, 5.41) is 2.80. The zero-order valence-corrected chi connectivity index (χ0v) is 16.7. The standard InChI is InChI=1S/C21H22N4O3S/c26-21(20-15-22-18-6-2-3-7-19(18)24-20)23-14-16-8-10-17(11-9-16)29(27,28)25-12-4-1-5-13-25/h2-3,6-11,15H,1,4-5,12-14H2,(H,23,26). The summed E-state index contributed by atoms with van der Waals surface area (Å²) >= 11 is 0. The van der Waals surface area contributed by atoms with E-state index in [2.05, 4.69) is 15.3 Å². The van der Waals surface area contributed by atoms with Crippen LogP contribution >= 0.6 is 0 Å². The van der Waals surface area contributed by atoms with Gasteiger partial charge in [0.05, 0.1) is 22.1 Å². The smallest absolute Gasteiger partial charge is 0.271 e. The van der Waals surface area contributed by atoms with E-state index in [0.29, 0.717) is 18.6 Å². The van der Waals surface area contributed by atoms with Crippen molar-refractivity contribution in [2.75, 3.05) is 13.1 Å². The SMILES string of the molecule is O=C(NCc1ccc(S(=O)(=O)N2CCCCC2)cc1)c1cnc2ccccc2n1. The van der Waals surface area contributed by atoms with E-state index in [1.54, 1.807) is 34.6 Å². The highest BCUT2D eigenvalue weighted by Gasteiger charge is 2.25. The van der Waals surface area contributed by atoms with Gasteiger partial charge in [-0.1, -0.05) is 30.7 Å². The fourth-order valence-corrected chi connectivity index (χ4v) is 4.89. The van der Waals surface area contributed by atoms with Crippen molar-refractivity contribution < 1.29 is 13.2 Å². The molecule has 8 heteroatoms. The van der Waals surface area contributed by atoms with Gasteiger partial charge in [0.2, 0.25) is 10.0 Å². The first-order chi connectivity index (χ1) is 14.0. The van der Waals surface area contributed by atoms with Crippen molar-refractivity contribution in [1.82, 2.24) is 19.6 Å². The molecule has 0 aliphatic carbocycles. The fraction of sp³-hybridized carbons (Fsp3) is 0.286. The molecular weight excluding hydrogens is 388 g/mol. The van der Waals surface area contributed by atoms with E-state index >= 15 is 0 Å². The summed E-state index contributed by atoms with van der Waals surface area (Å²) in [4.78, 5) is 21.2. The monoisotopic (exact) mass is 410 g/mol. The maximum Gasteiger partial charge on any atom is 0.271 e. The number of nitrogens with one attached hydrogen (secondary N) is 1. The third-order valence-electron chi connectivity index (χ3n) is 5.01. The molecule has 1 amide bonds. The average Bonchev–Trinajstić information content (AvgIpc) is 2.78. The zero-order valence-electron chi connectivity index (χ0n) is 15.9. The summed E-state index contributed by atoms with van der Waals surface area (Å²) in [5.74, 6) is -0.326. The fourth-order valence-electron chi connectivity index (χ4n) is 3.37. The Morgan fingerprint density at radius 1 is 0.966 bits per heavy atom. The molecule has 7 nitrogen and oxygen atoms in total. The number of amides is 1. The third-order valence-corrected chi connectivity index (χ3v) is 6.92. The topological polar surface area (TPSA) is 92.3 Å². The van der Waals surface area contributed by atoms with Crippen LogP contribution in [0.1, 0.15) is 35.3 Å². The molecule has 0 saturated carbocycles. The van der Waals surface area contributed by atoms with Crippen molar-refractivity contribution in [3.8, 4) is 0 Å². The van der Waals surface area contributed by atoms with Crippen LogP contribution in [0.3, 0.4) is 0 Å². The molecule has 0 unspecified atom stereocenters. The lowest BCUT2D eigenvalue weighted by molar-refractivity contribution is 0.0946. The highest BCUT2D eigenvalue weighted by molar-refractivity contribution is 7.89. The molecule has 1 aliphatic heterocycles. The quantitative estimate of drug-likeness (QED) is 0.698. The van der Waals surface area contributed by atoms with Gasteiger partial charge >= 0.3 is 0 Å². The van der Waals surface area contributed by atoms with Gasteiger partial charge in [0, 0.05) is 19.6 Å². The van der Waals surface area contributed by atoms with Gasteiger partial charge in [-0.2, -0.15) is 4.31 Å². The zero-order chi connectivity index (χ0) is 20.3. The van der Waals surface area contributed by atoms with Gasteiger partial charge in [-0.05, 0) is 42.7 Å². The Kier molecular flexibility index (Phi) is 5.55. The van der Waals surface area contributed by atoms with Gasteiger partial charge in [0.15, 0.2) is 0 Å². The molecule has 3 aromatic rings.